The number of aryl methyl sites for hydroxylation is 3. The van der Waals surface area contributed by atoms with E-state index in [2.05, 4.69) is 66.2 Å². The number of unbranched alkanes of at least 4 members (excludes halogenated alkanes) is 3. The van der Waals surface area contributed by atoms with Crippen molar-refractivity contribution < 1.29 is 14.3 Å². The largest absolute Gasteiger partial charge is 0.497 e. The van der Waals surface area contributed by atoms with Gasteiger partial charge >= 0.3 is 0 Å². The van der Waals surface area contributed by atoms with Gasteiger partial charge in [0.1, 0.15) is 17.3 Å². The first kappa shape index (κ1) is 28.2. The molecule has 206 valence electrons. The van der Waals surface area contributed by atoms with Crippen molar-refractivity contribution in [3.05, 3.63) is 89.2 Å². The Balaban J connectivity index is 1.19. The van der Waals surface area contributed by atoms with Crippen LogP contribution in [-0.2, 0) is 24.2 Å². The number of nitrogens with zero attached hydrogens (tertiary/aromatic N) is 2. The molecule has 1 heterocycles. The Morgan fingerprint density at radius 3 is 2.54 bits per heavy atom. The van der Waals surface area contributed by atoms with Crippen LogP contribution in [0.2, 0.25) is 0 Å². The number of nitrogens with one attached hydrogen (secondary N) is 1. The molecule has 1 N–H and O–H groups in total. The van der Waals surface area contributed by atoms with Crippen LogP contribution in [0.25, 0.3) is 11.0 Å². The minimum Gasteiger partial charge on any atom is -0.497 e. The topological polar surface area (TPSA) is 65.4 Å². The smallest absolute Gasteiger partial charge is 0.224 e. The van der Waals surface area contributed by atoms with Crippen LogP contribution in [0.4, 0.5) is 0 Å². The van der Waals surface area contributed by atoms with E-state index in [0.717, 1.165) is 80.1 Å². The molecule has 6 nitrogen and oxygen atoms in total. The molecular formula is C33H41N3O3. The molecule has 0 aliphatic carbocycles. The summed E-state index contributed by atoms with van der Waals surface area (Å²) < 4.78 is 13.6. The minimum atomic E-state index is 0.0588. The molecule has 6 heteroatoms. The van der Waals surface area contributed by atoms with E-state index in [1.165, 1.54) is 16.6 Å². The number of aromatic nitrogens is 2. The number of imidazole rings is 1. The number of rotatable bonds is 15. The second-order valence-corrected chi connectivity index (χ2v) is 10.1. The zero-order chi connectivity index (χ0) is 27.5. The molecular weight excluding hydrogens is 486 g/mol. The lowest BCUT2D eigenvalue weighted by Crippen LogP contribution is -2.26. The highest BCUT2D eigenvalue weighted by Gasteiger charge is 2.11. The summed E-state index contributed by atoms with van der Waals surface area (Å²) in [6.07, 6.45) is 6.43. The summed E-state index contributed by atoms with van der Waals surface area (Å²) in [6, 6.07) is 22.3. The molecule has 0 spiro atoms. The lowest BCUT2D eigenvalue weighted by Gasteiger charge is -2.12. The summed E-state index contributed by atoms with van der Waals surface area (Å²) in [5, 5.41) is 3.05. The van der Waals surface area contributed by atoms with Crippen molar-refractivity contribution in [2.75, 3.05) is 20.3 Å². The second kappa shape index (κ2) is 14.4. The zero-order valence-electron chi connectivity index (χ0n) is 23.5. The van der Waals surface area contributed by atoms with Crippen LogP contribution in [0, 0.1) is 13.8 Å². The maximum Gasteiger partial charge on any atom is 0.224 e. The number of amides is 1. The fourth-order valence-electron chi connectivity index (χ4n) is 4.80. The van der Waals surface area contributed by atoms with Crippen LogP contribution in [0.3, 0.4) is 0 Å². The Kier molecular flexibility index (Phi) is 10.4. The van der Waals surface area contributed by atoms with Crippen LogP contribution < -0.4 is 14.8 Å². The van der Waals surface area contributed by atoms with E-state index >= 15 is 0 Å². The molecule has 1 amide bonds. The average molecular weight is 528 g/mol. The molecule has 0 aliphatic heterocycles. The van der Waals surface area contributed by atoms with Crippen molar-refractivity contribution in [3.63, 3.8) is 0 Å². The maximum atomic E-state index is 12.3. The number of hydrogen-bond donors (Lipinski definition) is 1. The van der Waals surface area contributed by atoms with E-state index in [9.17, 15) is 4.79 Å². The number of hydrogen-bond acceptors (Lipinski definition) is 4. The Bertz CT molecular complexity index is 1340. The standard InChI is InChI=1S/C33H41N3O3/c1-25-12-11-15-31(26(25)2)39-23-10-9-22-36-30-14-7-6-13-29(30)35-32(36)16-5-4-8-21-34-33(37)24-27-17-19-28(38-3)20-18-27/h6-7,11-15,17-20H,4-5,8-10,16,21-24H2,1-3H3,(H,34,37). The summed E-state index contributed by atoms with van der Waals surface area (Å²) in [4.78, 5) is 17.2. The number of fused-ring (bicyclic) bond motifs is 1. The molecule has 0 unspecified atom stereocenters. The van der Waals surface area contributed by atoms with Gasteiger partial charge in [0, 0.05) is 19.5 Å². The lowest BCUT2D eigenvalue weighted by molar-refractivity contribution is -0.120. The van der Waals surface area contributed by atoms with Crippen LogP contribution in [0.5, 0.6) is 11.5 Å². The molecule has 1 aromatic heterocycles. The third-order valence-corrected chi connectivity index (χ3v) is 7.25. The van der Waals surface area contributed by atoms with Gasteiger partial charge in [-0.3, -0.25) is 4.79 Å². The van der Waals surface area contributed by atoms with Gasteiger partial charge in [-0.15, -0.1) is 0 Å². The normalized spacial score (nSPS) is 11.1. The Morgan fingerprint density at radius 2 is 1.72 bits per heavy atom. The van der Waals surface area contributed by atoms with Crippen molar-refractivity contribution in [1.82, 2.24) is 14.9 Å². The first-order valence-corrected chi connectivity index (χ1v) is 14.1. The molecule has 3 aromatic carbocycles. The predicted molar refractivity (Wildman–Crippen MR) is 158 cm³/mol. The molecule has 0 saturated heterocycles. The highest BCUT2D eigenvalue weighted by Crippen LogP contribution is 2.22. The first-order valence-electron chi connectivity index (χ1n) is 14.1. The third kappa shape index (κ3) is 8.09. The second-order valence-electron chi connectivity index (χ2n) is 10.1. The van der Waals surface area contributed by atoms with Crippen LogP contribution in [0.1, 0.15) is 54.6 Å². The zero-order valence-corrected chi connectivity index (χ0v) is 23.5. The first-order chi connectivity index (χ1) is 19.0. The summed E-state index contributed by atoms with van der Waals surface area (Å²) in [7, 11) is 1.64. The monoisotopic (exact) mass is 527 g/mol. The molecule has 4 rings (SSSR count). The number of methoxy groups -OCH3 is 1. The van der Waals surface area contributed by atoms with Crippen LogP contribution >= 0.6 is 0 Å². The third-order valence-electron chi connectivity index (χ3n) is 7.25. The fraction of sp³-hybridized carbons (Fsp3) is 0.394. The van der Waals surface area contributed by atoms with Gasteiger partial charge in [-0.25, -0.2) is 4.98 Å². The molecule has 39 heavy (non-hydrogen) atoms. The van der Waals surface area contributed by atoms with Crippen molar-refractivity contribution in [3.8, 4) is 11.5 Å². The Hall–Kier alpha value is -3.80. The number of para-hydroxylation sites is 2. The van der Waals surface area contributed by atoms with Crippen molar-refractivity contribution in [1.29, 1.82) is 0 Å². The highest BCUT2D eigenvalue weighted by molar-refractivity contribution is 5.78. The molecule has 0 aliphatic rings. The Morgan fingerprint density at radius 1 is 0.897 bits per heavy atom. The van der Waals surface area contributed by atoms with Crippen LogP contribution in [-0.4, -0.2) is 35.7 Å². The quantitative estimate of drug-likeness (QED) is 0.177. The van der Waals surface area contributed by atoms with E-state index in [4.69, 9.17) is 14.5 Å². The van der Waals surface area contributed by atoms with Crippen molar-refractivity contribution in [2.24, 2.45) is 0 Å². The van der Waals surface area contributed by atoms with Gasteiger partial charge in [0.25, 0.3) is 0 Å². The predicted octanol–water partition coefficient (Wildman–Crippen LogP) is 6.59. The molecule has 0 atom stereocenters. The molecule has 0 bridgehead atoms. The summed E-state index contributed by atoms with van der Waals surface area (Å²) in [5.41, 5.74) is 5.73. The van der Waals surface area contributed by atoms with Crippen molar-refractivity contribution in [2.45, 2.75) is 65.3 Å². The van der Waals surface area contributed by atoms with Gasteiger partial charge in [0.15, 0.2) is 0 Å². The molecule has 0 saturated carbocycles. The molecule has 0 fully saturated rings. The Labute approximate surface area is 232 Å². The van der Waals surface area contributed by atoms with Gasteiger partial charge < -0.3 is 19.4 Å². The van der Waals surface area contributed by atoms with Gasteiger partial charge in [-0.1, -0.05) is 42.8 Å². The van der Waals surface area contributed by atoms with E-state index in [0.29, 0.717) is 13.0 Å². The summed E-state index contributed by atoms with van der Waals surface area (Å²) in [6.45, 7) is 6.59. The van der Waals surface area contributed by atoms with E-state index in [1.807, 2.05) is 24.3 Å². The number of ether oxygens (including phenoxy) is 2. The lowest BCUT2D eigenvalue weighted by atomic mass is 10.1. The summed E-state index contributed by atoms with van der Waals surface area (Å²) in [5.74, 6) is 2.99. The maximum absolute atomic E-state index is 12.3. The highest BCUT2D eigenvalue weighted by atomic mass is 16.5. The van der Waals surface area contributed by atoms with Crippen LogP contribution in [0.15, 0.2) is 66.7 Å². The fourth-order valence-corrected chi connectivity index (χ4v) is 4.80. The number of benzene rings is 3. The van der Waals surface area contributed by atoms with E-state index in [1.54, 1.807) is 7.11 Å². The average Bonchev–Trinajstić information content (AvgIpc) is 3.30. The molecule has 0 radical (unpaired) electrons. The van der Waals surface area contributed by atoms with E-state index in [-0.39, 0.29) is 5.91 Å². The van der Waals surface area contributed by atoms with Crippen molar-refractivity contribution >= 4 is 16.9 Å². The van der Waals surface area contributed by atoms with E-state index < -0.39 is 0 Å². The van der Waals surface area contributed by atoms with Gasteiger partial charge in [0.2, 0.25) is 5.91 Å². The van der Waals surface area contributed by atoms with Gasteiger partial charge in [-0.2, -0.15) is 0 Å². The van der Waals surface area contributed by atoms with Gasteiger partial charge in [-0.05, 0) is 86.6 Å². The summed E-state index contributed by atoms with van der Waals surface area (Å²) >= 11 is 0. The minimum absolute atomic E-state index is 0.0588. The SMILES string of the molecule is COc1ccc(CC(=O)NCCCCCc2nc3ccccc3n2CCCCOc2cccc(C)c2C)cc1. The molecule has 4 aromatic rings. The van der Waals surface area contributed by atoms with Gasteiger partial charge in [0.05, 0.1) is 31.2 Å². The number of carbonyl (C=O) groups excluding carboxylic acids is 1. The number of carbonyl (C=O) groups is 1.